The number of imidazole rings is 1. The molecule has 1 amide bonds. The van der Waals surface area contributed by atoms with Crippen molar-refractivity contribution in [3.63, 3.8) is 0 Å². The Labute approximate surface area is 173 Å². The van der Waals surface area contributed by atoms with Crippen molar-refractivity contribution in [3.05, 3.63) is 28.5 Å². The number of aromatic nitrogens is 2. The number of hydrogen-bond acceptors (Lipinski definition) is 6. The number of rotatable bonds is 7. The molecule has 0 spiro atoms. The molecule has 156 valence electrons. The lowest BCUT2D eigenvalue weighted by molar-refractivity contribution is 0.0528. The van der Waals surface area contributed by atoms with Crippen LogP contribution in [0.3, 0.4) is 0 Å². The highest BCUT2D eigenvalue weighted by atomic mass is 79.9. The zero-order valence-corrected chi connectivity index (χ0v) is 19.1. The maximum Gasteiger partial charge on any atom is 0.407 e. The lowest BCUT2D eigenvalue weighted by atomic mass is 10.2. The lowest BCUT2D eigenvalue weighted by Crippen LogP contribution is -2.34. The summed E-state index contributed by atoms with van der Waals surface area (Å²) in [5.74, 6) is 0.716. The van der Waals surface area contributed by atoms with Crippen molar-refractivity contribution in [3.8, 4) is 0 Å². The molecule has 1 unspecified atom stereocenters. The highest BCUT2D eigenvalue weighted by Gasteiger charge is 2.18. The molecule has 0 aliphatic carbocycles. The van der Waals surface area contributed by atoms with Crippen LogP contribution in [-0.2, 0) is 32.0 Å². The third-order valence-corrected chi connectivity index (χ3v) is 4.76. The Morgan fingerprint density at radius 2 is 2.04 bits per heavy atom. The molecular formula is C18H26BrN3O5S. The van der Waals surface area contributed by atoms with Gasteiger partial charge in [0, 0.05) is 17.4 Å². The fraction of sp³-hybridized carbons (Fsp3) is 0.556. The van der Waals surface area contributed by atoms with E-state index < -0.39 is 27.9 Å². The van der Waals surface area contributed by atoms with Crippen LogP contribution in [0.1, 0.15) is 33.5 Å². The fourth-order valence-corrected chi connectivity index (χ4v) is 3.73. The molecule has 8 nitrogen and oxygen atoms in total. The largest absolute Gasteiger partial charge is 0.444 e. The monoisotopic (exact) mass is 475 g/mol. The van der Waals surface area contributed by atoms with E-state index in [2.05, 4.69) is 26.2 Å². The van der Waals surface area contributed by atoms with Gasteiger partial charge in [0.25, 0.3) is 10.1 Å². The van der Waals surface area contributed by atoms with E-state index in [1.807, 2.05) is 22.8 Å². The minimum Gasteiger partial charge on any atom is -0.444 e. The highest BCUT2D eigenvalue weighted by Crippen LogP contribution is 2.22. The van der Waals surface area contributed by atoms with E-state index in [0.717, 1.165) is 21.8 Å². The van der Waals surface area contributed by atoms with Crippen LogP contribution >= 0.6 is 15.9 Å². The van der Waals surface area contributed by atoms with Gasteiger partial charge in [-0.15, -0.1) is 0 Å². The molecule has 1 N–H and O–H groups in total. The number of nitrogens with one attached hydrogen (secondary N) is 1. The van der Waals surface area contributed by atoms with E-state index in [4.69, 9.17) is 8.92 Å². The molecule has 10 heteroatoms. The van der Waals surface area contributed by atoms with Gasteiger partial charge in [0.05, 0.1) is 29.9 Å². The van der Waals surface area contributed by atoms with Crippen molar-refractivity contribution in [2.45, 2.75) is 52.4 Å². The van der Waals surface area contributed by atoms with Gasteiger partial charge in [-0.25, -0.2) is 9.78 Å². The van der Waals surface area contributed by atoms with Crippen LogP contribution in [-0.4, -0.2) is 48.6 Å². The maximum atomic E-state index is 11.8. The molecule has 0 fully saturated rings. The summed E-state index contributed by atoms with van der Waals surface area (Å²) in [6, 6.07) is 5.69. The number of nitrogens with zero attached hydrogens (tertiary/aromatic N) is 2. The van der Waals surface area contributed by atoms with Crippen molar-refractivity contribution in [1.29, 1.82) is 0 Å². The molecule has 28 heavy (non-hydrogen) atoms. The van der Waals surface area contributed by atoms with E-state index in [0.29, 0.717) is 25.3 Å². The summed E-state index contributed by atoms with van der Waals surface area (Å²) in [6.45, 7) is 7.73. The number of carbonyl (C=O) groups excluding carboxylic acids is 1. The summed E-state index contributed by atoms with van der Waals surface area (Å²) in [5.41, 5.74) is 1.06. The van der Waals surface area contributed by atoms with E-state index in [9.17, 15) is 13.2 Å². The first-order valence-electron chi connectivity index (χ1n) is 8.84. The maximum absolute atomic E-state index is 11.8. The summed E-state index contributed by atoms with van der Waals surface area (Å²) < 4.78 is 35.9. The Morgan fingerprint density at radius 3 is 2.64 bits per heavy atom. The lowest BCUT2D eigenvalue weighted by Gasteiger charge is -2.19. The number of alkyl carbamates (subject to hydrolysis) is 1. The quantitative estimate of drug-likeness (QED) is 0.616. The average molecular weight is 476 g/mol. The van der Waals surface area contributed by atoms with Crippen LogP contribution in [0.25, 0.3) is 11.0 Å². The van der Waals surface area contributed by atoms with Crippen molar-refractivity contribution in [2.24, 2.45) is 0 Å². The Hall–Kier alpha value is -1.65. The summed E-state index contributed by atoms with van der Waals surface area (Å²) in [7, 11) is -3.56. The van der Waals surface area contributed by atoms with Gasteiger partial charge in [-0.05, 0) is 45.9 Å². The van der Waals surface area contributed by atoms with Gasteiger partial charge in [0.15, 0.2) is 0 Å². The van der Waals surface area contributed by atoms with Gasteiger partial charge >= 0.3 is 6.09 Å². The molecule has 1 aromatic carbocycles. The predicted octanol–water partition coefficient (Wildman–Crippen LogP) is 3.23. The molecule has 1 heterocycles. The molecule has 1 aromatic heterocycles. The average Bonchev–Trinajstić information content (AvgIpc) is 2.80. The van der Waals surface area contributed by atoms with E-state index in [-0.39, 0.29) is 0 Å². The minimum atomic E-state index is -3.56. The van der Waals surface area contributed by atoms with E-state index in [1.54, 1.807) is 27.7 Å². The zero-order valence-electron chi connectivity index (χ0n) is 16.7. The number of benzene rings is 1. The minimum absolute atomic E-state index is 0.312. The fourth-order valence-electron chi connectivity index (χ4n) is 2.72. The molecule has 0 radical (unpaired) electrons. The molecule has 1 atom stereocenters. The number of carbonyl (C=O) groups is 1. The molecule has 0 aliphatic heterocycles. The van der Waals surface area contributed by atoms with E-state index >= 15 is 0 Å². The number of fused-ring (bicyclic) bond motifs is 1. The third-order valence-electron chi connectivity index (χ3n) is 3.58. The molecule has 2 rings (SSSR count). The second-order valence-corrected chi connectivity index (χ2v) is 10.1. The number of halogens is 1. The zero-order chi connectivity index (χ0) is 21.1. The first-order valence-corrected chi connectivity index (χ1v) is 11.4. The van der Waals surface area contributed by atoms with Crippen molar-refractivity contribution in [2.75, 3.05) is 12.8 Å². The smallest absolute Gasteiger partial charge is 0.407 e. The van der Waals surface area contributed by atoms with Crippen molar-refractivity contribution in [1.82, 2.24) is 14.9 Å². The first-order chi connectivity index (χ1) is 12.8. The standard InChI is InChI=1S/C18H26BrN3O5S/c1-12(27-28(5,24)25)11-22-15-7-6-13(19)10-14(15)21-16(22)8-9-20-17(23)26-18(2,3)4/h6-7,10,12H,8-9,11H2,1-5H3,(H,20,23). The van der Waals surface area contributed by atoms with Crippen LogP contribution in [0.15, 0.2) is 22.7 Å². The van der Waals surface area contributed by atoms with Gasteiger partial charge in [-0.1, -0.05) is 15.9 Å². The van der Waals surface area contributed by atoms with Crippen LogP contribution in [0, 0.1) is 0 Å². The third kappa shape index (κ3) is 7.06. The second kappa shape index (κ2) is 8.79. The van der Waals surface area contributed by atoms with E-state index in [1.165, 1.54) is 0 Å². The van der Waals surface area contributed by atoms with Crippen LogP contribution in [0.4, 0.5) is 4.79 Å². The van der Waals surface area contributed by atoms with Crippen LogP contribution < -0.4 is 5.32 Å². The Kier molecular flexibility index (Phi) is 7.11. The summed E-state index contributed by atoms with van der Waals surface area (Å²) >= 11 is 3.43. The van der Waals surface area contributed by atoms with Crippen molar-refractivity contribution < 1.29 is 22.1 Å². The molecule has 0 saturated carbocycles. The van der Waals surface area contributed by atoms with Crippen molar-refractivity contribution >= 4 is 43.2 Å². The van der Waals surface area contributed by atoms with Gasteiger partial charge in [-0.2, -0.15) is 8.42 Å². The SMILES string of the molecule is CC(Cn1c(CCNC(=O)OC(C)(C)C)nc2cc(Br)ccc21)OS(C)(=O)=O. The van der Waals surface area contributed by atoms with Gasteiger partial charge in [0.1, 0.15) is 11.4 Å². The Bertz CT molecular complexity index is 950. The number of ether oxygens (including phenoxy) is 1. The van der Waals surface area contributed by atoms with Gasteiger partial charge in [-0.3, -0.25) is 4.18 Å². The summed E-state index contributed by atoms with van der Waals surface area (Å²) in [5, 5.41) is 2.71. The number of amides is 1. The normalized spacial score (nSPS) is 13.5. The molecular weight excluding hydrogens is 450 g/mol. The topological polar surface area (TPSA) is 99.5 Å². The summed E-state index contributed by atoms with van der Waals surface area (Å²) in [4.78, 5) is 16.5. The molecule has 0 aliphatic rings. The first kappa shape index (κ1) is 22.6. The van der Waals surface area contributed by atoms with Gasteiger partial charge < -0.3 is 14.6 Å². The Morgan fingerprint density at radius 1 is 1.36 bits per heavy atom. The second-order valence-electron chi connectivity index (χ2n) is 7.56. The highest BCUT2D eigenvalue weighted by molar-refractivity contribution is 9.10. The molecule has 2 aromatic rings. The number of hydrogen-bond donors (Lipinski definition) is 1. The van der Waals surface area contributed by atoms with Crippen LogP contribution in [0.5, 0.6) is 0 Å². The van der Waals surface area contributed by atoms with Crippen LogP contribution in [0.2, 0.25) is 0 Å². The Balaban J connectivity index is 2.18. The van der Waals surface area contributed by atoms with Gasteiger partial charge in [0.2, 0.25) is 0 Å². The summed E-state index contributed by atoms with van der Waals surface area (Å²) in [6.07, 6.45) is 0.426. The predicted molar refractivity (Wildman–Crippen MR) is 111 cm³/mol. The molecule has 0 saturated heterocycles. The molecule has 0 bridgehead atoms.